The highest BCUT2D eigenvalue weighted by Crippen LogP contribution is 2.41. The molecule has 3 rings (SSSR count). The van der Waals surface area contributed by atoms with Crippen LogP contribution in [0.15, 0.2) is 35.6 Å². The van der Waals surface area contributed by atoms with Crippen molar-refractivity contribution in [3.05, 3.63) is 46.2 Å². The molecule has 1 fully saturated rings. The lowest BCUT2D eigenvalue weighted by Gasteiger charge is -2.31. The summed E-state index contributed by atoms with van der Waals surface area (Å²) in [6.45, 7) is 0. The number of aliphatic hydroxyl groups is 1. The summed E-state index contributed by atoms with van der Waals surface area (Å²) in [5, 5.41) is 10.9. The van der Waals surface area contributed by atoms with Crippen LogP contribution in [0.1, 0.15) is 50.0 Å². The maximum Gasteiger partial charge on any atom is 0.162 e. The molecule has 0 amide bonds. The first kappa shape index (κ1) is 16.9. The maximum atomic E-state index is 12.5. The molecular formula is C19H19ClO4. The van der Waals surface area contributed by atoms with Crippen LogP contribution >= 0.6 is 11.6 Å². The molecule has 0 heterocycles. The Morgan fingerprint density at radius 2 is 1.50 bits per heavy atom. The second-order valence-corrected chi connectivity index (χ2v) is 6.87. The van der Waals surface area contributed by atoms with Gasteiger partial charge >= 0.3 is 0 Å². The first-order chi connectivity index (χ1) is 11.5. The molecule has 2 aliphatic carbocycles. The molecule has 0 radical (unpaired) electrons. The van der Waals surface area contributed by atoms with Gasteiger partial charge in [-0.25, -0.2) is 0 Å². The second kappa shape index (κ2) is 6.89. The summed E-state index contributed by atoms with van der Waals surface area (Å²) in [4.78, 5) is 37.4. The van der Waals surface area contributed by atoms with Crippen LogP contribution in [0.5, 0.6) is 0 Å². The topological polar surface area (TPSA) is 71.4 Å². The molecule has 24 heavy (non-hydrogen) atoms. The molecule has 126 valence electrons. The average molecular weight is 347 g/mol. The van der Waals surface area contributed by atoms with E-state index in [-0.39, 0.29) is 28.7 Å². The average Bonchev–Trinajstić information content (AvgIpc) is 2.54. The molecule has 0 aliphatic heterocycles. The number of hydrogen-bond donors (Lipinski definition) is 1. The maximum absolute atomic E-state index is 12.5. The van der Waals surface area contributed by atoms with Gasteiger partial charge in [-0.2, -0.15) is 0 Å². The van der Waals surface area contributed by atoms with Crippen LogP contribution in [0.2, 0.25) is 5.02 Å². The number of rotatable bonds is 3. The predicted octanol–water partition coefficient (Wildman–Crippen LogP) is 3.93. The van der Waals surface area contributed by atoms with Gasteiger partial charge in [0.1, 0.15) is 11.6 Å². The minimum absolute atomic E-state index is 0.0115. The van der Waals surface area contributed by atoms with E-state index >= 15 is 0 Å². The zero-order chi connectivity index (χ0) is 17.3. The molecule has 0 bridgehead atoms. The van der Waals surface area contributed by atoms with Gasteiger partial charge in [-0.05, 0) is 30.5 Å². The van der Waals surface area contributed by atoms with Crippen LogP contribution in [-0.4, -0.2) is 22.5 Å². The van der Waals surface area contributed by atoms with E-state index in [1.165, 1.54) is 0 Å². The molecule has 1 unspecified atom stereocenters. The van der Waals surface area contributed by atoms with Gasteiger partial charge < -0.3 is 5.11 Å². The Kier molecular flexibility index (Phi) is 4.86. The molecule has 1 atom stereocenters. The fourth-order valence-electron chi connectivity index (χ4n) is 3.69. The third-order valence-corrected chi connectivity index (χ3v) is 5.09. The van der Waals surface area contributed by atoms with E-state index in [2.05, 4.69) is 0 Å². The summed E-state index contributed by atoms with van der Waals surface area (Å²) in [6, 6.07) is 6.80. The van der Waals surface area contributed by atoms with Gasteiger partial charge in [0.2, 0.25) is 0 Å². The molecule has 1 saturated carbocycles. The number of halogens is 1. The Labute approximate surface area is 145 Å². The van der Waals surface area contributed by atoms with E-state index in [0.29, 0.717) is 49.1 Å². The summed E-state index contributed by atoms with van der Waals surface area (Å²) < 4.78 is 0. The highest BCUT2D eigenvalue weighted by atomic mass is 35.5. The third-order valence-electron chi connectivity index (χ3n) is 4.84. The monoisotopic (exact) mass is 346 g/mol. The molecule has 2 aliphatic rings. The highest BCUT2D eigenvalue weighted by Gasteiger charge is 2.42. The van der Waals surface area contributed by atoms with E-state index in [0.717, 1.165) is 0 Å². The lowest BCUT2D eigenvalue weighted by atomic mass is 9.69. The zero-order valence-corrected chi connectivity index (χ0v) is 14.0. The number of Topliss-reactive ketones (excluding diaryl/α,β-unsaturated/α-hetero) is 3. The van der Waals surface area contributed by atoms with Crippen molar-refractivity contribution in [3.8, 4) is 0 Å². The first-order valence-corrected chi connectivity index (χ1v) is 8.63. The molecule has 5 heteroatoms. The minimum atomic E-state index is -0.890. The summed E-state index contributed by atoms with van der Waals surface area (Å²) in [6.07, 6.45) is 2.55. The van der Waals surface area contributed by atoms with Crippen LogP contribution in [0, 0.1) is 5.92 Å². The van der Waals surface area contributed by atoms with Crippen LogP contribution < -0.4 is 0 Å². The molecule has 4 nitrogen and oxygen atoms in total. The van der Waals surface area contributed by atoms with Crippen LogP contribution in [0.4, 0.5) is 0 Å². The summed E-state index contributed by atoms with van der Waals surface area (Å²) >= 11 is 5.94. The fraction of sp³-hybridized carbons (Fsp3) is 0.421. The predicted molar refractivity (Wildman–Crippen MR) is 90.1 cm³/mol. The number of carbonyl (C=O) groups excluding carboxylic acids is 3. The number of aliphatic hydroxyl groups excluding tert-OH is 1. The lowest BCUT2D eigenvalue weighted by molar-refractivity contribution is -0.136. The van der Waals surface area contributed by atoms with E-state index < -0.39 is 11.8 Å². The van der Waals surface area contributed by atoms with Gasteiger partial charge in [-0.15, -0.1) is 0 Å². The van der Waals surface area contributed by atoms with E-state index in [1.807, 2.05) is 0 Å². The van der Waals surface area contributed by atoms with E-state index in [4.69, 9.17) is 11.6 Å². The summed E-state index contributed by atoms with van der Waals surface area (Å²) in [7, 11) is 0. The Morgan fingerprint density at radius 1 is 0.917 bits per heavy atom. The SMILES string of the molecule is O=C1CCCC(O)=C1C(c1ccc(Cl)cc1)C1C(=O)CCCC1=O. The summed E-state index contributed by atoms with van der Waals surface area (Å²) in [5.41, 5.74) is 0.905. The van der Waals surface area contributed by atoms with Gasteiger partial charge in [-0.3, -0.25) is 14.4 Å². The summed E-state index contributed by atoms with van der Waals surface area (Å²) in [5.74, 6) is -2.06. The molecule has 1 aromatic rings. The highest BCUT2D eigenvalue weighted by molar-refractivity contribution is 6.30. The third kappa shape index (κ3) is 3.16. The van der Waals surface area contributed by atoms with Crippen molar-refractivity contribution < 1.29 is 19.5 Å². The largest absolute Gasteiger partial charge is 0.512 e. The second-order valence-electron chi connectivity index (χ2n) is 6.43. The minimum Gasteiger partial charge on any atom is -0.512 e. The number of allylic oxidation sites excluding steroid dienone is 2. The van der Waals surface area contributed by atoms with Crippen molar-refractivity contribution in [2.75, 3.05) is 0 Å². The molecule has 1 N–H and O–H groups in total. The van der Waals surface area contributed by atoms with E-state index in [1.54, 1.807) is 24.3 Å². The number of benzene rings is 1. The molecule has 0 saturated heterocycles. The smallest absolute Gasteiger partial charge is 0.162 e. The number of ketones is 3. The normalized spacial score (nSPS) is 21.3. The van der Waals surface area contributed by atoms with Gasteiger partial charge in [0.25, 0.3) is 0 Å². The fourth-order valence-corrected chi connectivity index (χ4v) is 3.82. The lowest BCUT2D eigenvalue weighted by Crippen LogP contribution is -2.37. The van der Waals surface area contributed by atoms with Crippen molar-refractivity contribution >= 4 is 29.0 Å². The quantitative estimate of drug-likeness (QED) is 0.842. The van der Waals surface area contributed by atoms with Crippen LogP contribution in [0.25, 0.3) is 0 Å². The zero-order valence-electron chi connectivity index (χ0n) is 13.3. The Balaban J connectivity index is 2.13. The Bertz CT molecular complexity index is 701. The van der Waals surface area contributed by atoms with Gasteiger partial charge in [0.05, 0.1) is 11.7 Å². The van der Waals surface area contributed by atoms with Crippen LogP contribution in [-0.2, 0) is 14.4 Å². The van der Waals surface area contributed by atoms with Gasteiger partial charge in [0.15, 0.2) is 5.78 Å². The van der Waals surface area contributed by atoms with Crippen molar-refractivity contribution in [2.24, 2.45) is 5.92 Å². The van der Waals surface area contributed by atoms with Crippen molar-refractivity contribution in [3.63, 3.8) is 0 Å². The van der Waals surface area contributed by atoms with Gasteiger partial charge in [0, 0.05) is 42.2 Å². The number of hydrogen-bond acceptors (Lipinski definition) is 4. The van der Waals surface area contributed by atoms with E-state index in [9.17, 15) is 19.5 Å². The van der Waals surface area contributed by atoms with Crippen molar-refractivity contribution in [1.82, 2.24) is 0 Å². The molecule has 1 aromatic carbocycles. The van der Waals surface area contributed by atoms with Gasteiger partial charge in [-0.1, -0.05) is 23.7 Å². The molecule has 0 spiro atoms. The van der Waals surface area contributed by atoms with Crippen LogP contribution in [0.3, 0.4) is 0 Å². The Morgan fingerprint density at radius 3 is 2.08 bits per heavy atom. The number of carbonyl (C=O) groups is 3. The standard InChI is InChI=1S/C19H19ClO4/c20-12-9-7-11(8-10-12)17(18-13(21)3-1-4-14(18)22)19-15(23)5-2-6-16(19)24/h7-10,17-18,23H,1-6H2. The molecular weight excluding hydrogens is 328 g/mol. The Hall–Kier alpha value is -1.94. The van der Waals surface area contributed by atoms with Crippen molar-refractivity contribution in [2.45, 2.75) is 44.4 Å². The van der Waals surface area contributed by atoms with Crippen molar-refractivity contribution in [1.29, 1.82) is 0 Å². The first-order valence-electron chi connectivity index (χ1n) is 8.25. The molecule has 0 aromatic heterocycles.